The third-order valence-electron chi connectivity index (χ3n) is 2.00. The quantitative estimate of drug-likeness (QED) is 0.806. The molecule has 1 aromatic heterocycles. The summed E-state index contributed by atoms with van der Waals surface area (Å²) in [6.45, 7) is 1.56. The maximum atomic E-state index is 11.8. The third kappa shape index (κ3) is 4.08. The summed E-state index contributed by atoms with van der Waals surface area (Å²) in [5, 5.41) is 8.82. The van der Waals surface area contributed by atoms with Crippen LogP contribution in [0.4, 0.5) is 0 Å². The van der Waals surface area contributed by atoms with E-state index in [1.807, 2.05) is 0 Å². The predicted octanol–water partition coefficient (Wildman–Crippen LogP) is 1.44. The zero-order chi connectivity index (χ0) is 13.1. The second-order valence-corrected chi connectivity index (χ2v) is 5.96. The Morgan fingerprint density at radius 1 is 1.53 bits per heavy atom. The maximum Gasteiger partial charge on any atom is 0.242 e. The first-order valence-electron chi connectivity index (χ1n) is 4.81. The van der Waals surface area contributed by atoms with Crippen molar-refractivity contribution < 1.29 is 13.5 Å². The Labute approximate surface area is 110 Å². The highest BCUT2D eigenvalue weighted by molar-refractivity contribution is 7.89. The maximum absolute atomic E-state index is 11.8. The molecule has 0 saturated heterocycles. The summed E-state index contributed by atoms with van der Waals surface area (Å²) in [7, 11) is -3.69. The van der Waals surface area contributed by atoms with Crippen LogP contribution in [0.15, 0.2) is 17.2 Å². The van der Waals surface area contributed by atoms with E-state index >= 15 is 0 Å². The van der Waals surface area contributed by atoms with E-state index in [4.69, 9.17) is 28.3 Å². The standard InChI is InChI=1S/C9H12Cl2N2O3S/c1-6(2-3-14)13-17(15,16)7-4-8(10)9(11)12-5-7/h4-6,13-14H,2-3H2,1H3. The summed E-state index contributed by atoms with van der Waals surface area (Å²) in [5.41, 5.74) is 0. The normalized spacial score (nSPS) is 13.6. The summed E-state index contributed by atoms with van der Waals surface area (Å²) < 4.78 is 26.1. The number of aliphatic hydroxyl groups is 1. The molecule has 0 spiro atoms. The summed E-state index contributed by atoms with van der Waals surface area (Å²) in [5.74, 6) is 0. The zero-order valence-electron chi connectivity index (χ0n) is 9.02. The molecule has 0 saturated carbocycles. The van der Waals surface area contributed by atoms with E-state index in [0.717, 1.165) is 6.20 Å². The SMILES string of the molecule is CC(CCO)NS(=O)(=O)c1cnc(Cl)c(Cl)c1. The average molecular weight is 299 g/mol. The number of pyridine rings is 1. The molecule has 1 unspecified atom stereocenters. The van der Waals surface area contributed by atoms with Crippen LogP contribution in [0, 0.1) is 0 Å². The number of rotatable bonds is 5. The molecule has 1 atom stereocenters. The van der Waals surface area contributed by atoms with Crippen LogP contribution in [0.25, 0.3) is 0 Å². The molecule has 96 valence electrons. The third-order valence-corrected chi connectivity index (χ3v) is 4.24. The smallest absolute Gasteiger partial charge is 0.242 e. The summed E-state index contributed by atoms with van der Waals surface area (Å²) >= 11 is 11.3. The number of hydrogen-bond acceptors (Lipinski definition) is 4. The lowest BCUT2D eigenvalue weighted by molar-refractivity contribution is 0.275. The Kier molecular flexibility index (Phi) is 5.15. The van der Waals surface area contributed by atoms with Gasteiger partial charge in [0.25, 0.3) is 0 Å². The fraction of sp³-hybridized carbons (Fsp3) is 0.444. The zero-order valence-corrected chi connectivity index (χ0v) is 11.3. The summed E-state index contributed by atoms with van der Waals surface area (Å²) in [6.07, 6.45) is 1.45. The minimum atomic E-state index is -3.69. The van der Waals surface area contributed by atoms with Crippen molar-refractivity contribution in [2.45, 2.75) is 24.3 Å². The van der Waals surface area contributed by atoms with Gasteiger partial charge in [-0.1, -0.05) is 23.2 Å². The van der Waals surface area contributed by atoms with E-state index in [1.165, 1.54) is 6.07 Å². The van der Waals surface area contributed by atoms with Gasteiger partial charge in [0.05, 0.1) is 5.02 Å². The first kappa shape index (κ1) is 14.7. The van der Waals surface area contributed by atoms with E-state index in [-0.39, 0.29) is 27.7 Å². The van der Waals surface area contributed by atoms with Crippen molar-refractivity contribution in [3.05, 3.63) is 22.4 Å². The van der Waals surface area contributed by atoms with Crippen molar-refractivity contribution in [2.75, 3.05) is 6.61 Å². The minimum Gasteiger partial charge on any atom is -0.396 e. The number of hydrogen-bond donors (Lipinski definition) is 2. The van der Waals surface area contributed by atoms with E-state index in [1.54, 1.807) is 6.92 Å². The molecule has 0 fully saturated rings. The van der Waals surface area contributed by atoms with Crippen LogP contribution in [-0.2, 0) is 10.0 Å². The van der Waals surface area contributed by atoms with Crippen LogP contribution in [0.1, 0.15) is 13.3 Å². The van der Waals surface area contributed by atoms with Gasteiger partial charge in [0.2, 0.25) is 10.0 Å². The van der Waals surface area contributed by atoms with Crippen LogP contribution in [0.3, 0.4) is 0 Å². The van der Waals surface area contributed by atoms with Gasteiger partial charge in [-0.05, 0) is 19.4 Å². The van der Waals surface area contributed by atoms with Crippen LogP contribution in [0.5, 0.6) is 0 Å². The van der Waals surface area contributed by atoms with Crippen molar-refractivity contribution >= 4 is 33.2 Å². The molecule has 0 bridgehead atoms. The molecule has 1 aromatic rings. The fourth-order valence-electron chi connectivity index (χ4n) is 1.14. The number of aromatic nitrogens is 1. The molecule has 2 N–H and O–H groups in total. The molecule has 0 aliphatic carbocycles. The van der Waals surface area contributed by atoms with E-state index in [2.05, 4.69) is 9.71 Å². The van der Waals surface area contributed by atoms with Crippen molar-refractivity contribution in [2.24, 2.45) is 0 Å². The Morgan fingerprint density at radius 2 is 2.18 bits per heavy atom. The molecule has 1 rings (SSSR count). The highest BCUT2D eigenvalue weighted by Crippen LogP contribution is 2.22. The van der Waals surface area contributed by atoms with Gasteiger partial charge in [0.15, 0.2) is 0 Å². The number of nitrogens with one attached hydrogen (secondary N) is 1. The molecular formula is C9H12Cl2N2O3S. The van der Waals surface area contributed by atoms with E-state index < -0.39 is 10.0 Å². The van der Waals surface area contributed by atoms with Gasteiger partial charge < -0.3 is 5.11 Å². The van der Waals surface area contributed by atoms with Crippen molar-refractivity contribution in [1.29, 1.82) is 0 Å². The highest BCUT2D eigenvalue weighted by atomic mass is 35.5. The van der Waals surface area contributed by atoms with Gasteiger partial charge in [0.1, 0.15) is 10.0 Å². The molecule has 0 radical (unpaired) electrons. The Morgan fingerprint density at radius 3 is 2.71 bits per heavy atom. The van der Waals surface area contributed by atoms with Crippen LogP contribution in [-0.4, -0.2) is 31.2 Å². The van der Waals surface area contributed by atoms with E-state index in [9.17, 15) is 8.42 Å². The number of halogens is 2. The van der Waals surface area contributed by atoms with Crippen LogP contribution < -0.4 is 4.72 Å². The number of aliphatic hydroxyl groups excluding tert-OH is 1. The van der Waals surface area contributed by atoms with Crippen molar-refractivity contribution in [3.8, 4) is 0 Å². The van der Waals surface area contributed by atoms with E-state index in [0.29, 0.717) is 6.42 Å². The molecule has 0 aliphatic rings. The lowest BCUT2D eigenvalue weighted by Gasteiger charge is -2.12. The van der Waals surface area contributed by atoms with Crippen LogP contribution >= 0.6 is 23.2 Å². The largest absolute Gasteiger partial charge is 0.396 e. The molecular weight excluding hydrogens is 287 g/mol. The van der Waals surface area contributed by atoms with Crippen molar-refractivity contribution in [3.63, 3.8) is 0 Å². The first-order valence-corrected chi connectivity index (χ1v) is 7.05. The molecule has 0 aliphatic heterocycles. The molecule has 17 heavy (non-hydrogen) atoms. The number of nitrogens with zero attached hydrogens (tertiary/aromatic N) is 1. The van der Waals surface area contributed by atoms with Gasteiger partial charge in [-0.25, -0.2) is 18.1 Å². The van der Waals surface area contributed by atoms with Crippen LogP contribution in [0.2, 0.25) is 10.2 Å². The van der Waals surface area contributed by atoms with Gasteiger partial charge in [0, 0.05) is 18.8 Å². The molecule has 1 heterocycles. The Hall–Kier alpha value is -0.400. The first-order chi connectivity index (χ1) is 7.86. The van der Waals surface area contributed by atoms with Gasteiger partial charge in [-0.15, -0.1) is 0 Å². The molecule has 0 amide bonds. The summed E-state index contributed by atoms with van der Waals surface area (Å²) in [6, 6.07) is 0.852. The van der Waals surface area contributed by atoms with Crippen molar-refractivity contribution in [1.82, 2.24) is 9.71 Å². The Bertz CT molecular complexity index is 493. The number of sulfonamides is 1. The Balaban J connectivity index is 2.93. The molecule has 8 heteroatoms. The molecule has 5 nitrogen and oxygen atoms in total. The van der Waals surface area contributed by atoms with Gasteiger partial charge in [-0.2, -0.15) is 0 Å². The second-order valence-electron chi connectivity index (χ2n) is 3.48. The topological polar surface area (TPSA) is 79.3 Å². The van der Waals surface area contributed by atoms with Gasteiger partial charge in [-0.3, -0.25) is 0 Å². The molecule has 0 aromatic carbocycles. The minimum absolute atomic E-state index is 0.0500. The second kappa shape index (κ2) is 5.97. The monoisotopic (exact) mass is 298 g/mol. The lowest BCUT2D eigenvalue weighted by atomic mass is 10.3. The fourth-order valence-corrected chi connectivity index (χ4v) is 2.72. The average Bonchev–Trinajstić information content (AvgIpc) is 2.21. The highest BCUT2D eigenvalue weighted by Gasteiger charge is 2.18. The van der Waals surface area contributed by atoms with Gasteiger partial charge >= 0.3 is 0 Å². The predicted molar refractivity (Wildman–Crippen MR) is 65.7 cm³/mol. The lowest BCUT2D eigenvalue weighted by Crippen LogP contribution is -2.33. The summed E-state index contributed by atoms with van der Waals surface area (Å²) in [4.78, 5) is 3.60.